The van der Waals surface area contributed by atoms with Gasteiger partial charge in [0, 0.05) is 16.9 Å². The van der Waals surface area contributed by atoms with Crippen LogP contribution in [0.5, 0.6) is 0 Å². The second-order valence-corrected chi connectivity index (χ2v) is 5.01. The van der Waals surface area contributed by atoms with Crippen molar-refractivity contribution in [2.45, 2.75) is 13.1 Å². The number of rotatable bonds is 1. The molecule has 0 atom stereocenters. The molecule has 22 heavy (non-hydrogen) atoms. The highest BCUT2D eigenvalue weighted by Crippen LogP contribution is 2.38. The van der Waals surface area contributed by atoms with E-state index in [9.17, 15) is 13.2 Å². The van der Waals surface area contributed by atoms with Crippen molar-refractivity contribution in [1.29, 1.82) is 0 Å². The molecule has 1 aromatic heterocycles. The first-order valence-corrected chi connectivity index (χ1v) is 6.39. The Morgan fingerprint density at radius 2 is 1.77 bits per heavy atom. The number of benzene rings is 2. The predicted octanol–water partition coefficient (Wildman–Crippen LogP) is 3.99. The smallest absolute Gasteiger partial charge is 0.420 e. The zero-order valence-electron chi connectivity index (χ0n) is 11.5. The SMILES string of the molecule is Cc1cc(N)ccc1-c1nc2cc(N)cc(C(F)(F)F)c2o1. The van der Waals surface area contributed by atoms with E-state index in [0.717, 1.165) is 11.6 Å². The maximum Gasteiger partial charge on any atom is 0.420 e. The number of alkyl halides is 3. The molecule has 0 aliphatic heterocycles. The molecule has 3 aromatic rings. The Balaban J connectivity index is 2.26. The molecule has 4 nitrogen and oxygen atoms in total. The van der Waals surface area contributed by atoms with E-state index in [1.807, 2.05) is 0 Å². The molecule has 3 rings (SSSR count). The van der Waals surface area contributed by atoms with Crippen LogP contribution in [0.1, 0.15) is 11.1 Å². The van der Waals surface area contributed by atoms with Crippen LogP contribution in [0, 0.1) is 6.92 Å². The highest BCUT2D eigenvalue weighted by atomic mass is 19.4. The lowest BCUT2D eigenvalue weighted by atomic mass is 10.1. The molecule has 0 aliphatic carbocycles. The van der Waals surface area contributed by atoms with Crippen molar-refractivity contribution in [3.8, 4) is 11.5 Å². The second kappa shape index (κ2) is 4.66. The lowest BCUT2D eigenvalue weighted by molar-refractivity contribution is -0.136. The first kappa shape index (κ1) is 14.2. The number of nitrogen functional groups attached to an aromatic ring is 2. The van der Waals surface area contributed by atoms with Crippen molar-refractivity contribution >= 4 is 22.5 Å². The number of anilines is 2. The average Bonchev–Trinajstić information content (AvgIpc) is 2.79. The molecule has 114 valence electrons. The number of hydrogen-bond donors (Lipinski definition) is 2. The van der Waals surface area contributed by atoms with Crippen molar-refractivity contribution in [2.75, 3.05) is 11.5 Å². The van der Waals surface area contributed by atoms with E-state index in [0.29, 0.717) is 11.3 Å². The maximum absolute atomic E-state index is 13.1. The lowest BCUT2D eigenvalue weighted by Gasteiger charge is -2.07. The normalized spacial score (nSPS) is 12.0. The molecule has 0 aliphatic rings. The van der Waals surface area contributed by atoms with Gasteiger partial charge in [-0.25, -0.2) is 4.98 Å². The maximum atomic E-state index is 13.1. The van der Waals surface area contributed by atoms with Gasteiger partial charge in [-0.05, 0) is 42.8 Å². The highest BCUT2D eigenvalue weighted by molar-refractivity contribution is 5.83. The van der Waals surface area contributed by atoms with Gasteiger partial charge in [-0.3, -0.25) is 0 Å². The summed E-state index contributed by atoms with van der Waals surface area (Å²) >= 11 is 0. The van der Waals surface area contributed by atoms with Gasteiger partial charge in [0.2, 0.25) is 5.89 Å². The molecule has 4 N–H and O–H groups in total. The van der Waals surface area contributed by atoms with Crippen LogP contribution in [0.15, 0.2) is 34.7 Å². The summed E-state index contributed by atoms with van der Waals surface area (Å²) in [6.45, 7) is 1.78. The number of aromatic nitrogens is 1. The van der Waals surface area contributed by atoms with E-state index < -0.39 is 11.7 Å². The largest absolute Gasteiger partial charge is 0.435 e. The van der Waals surface area contributed by atoms with Crippen LogP contribution in [-0.2, 0) is 6.18 Å². The molecule has 0 unspecified atom stereocenters. The van der Waals surface area contributed by atoms with Crippen molar-refractivity contribution in [2.24, 2.45) is 0 Å². The Morgan fingerprint density at radius 3 is 2.41 bits per heavy atom. The number of fused-ring (bicyclic) bond motifs is 1. The van der Waals surface area contributed by atoms with E-state index in [2.05, 4.69) is 4.98 Å². The minimum atomic E-state index is -4.57. The third-order valence-corrected chi connectivity index (χ3v) is 3.30. The van der Waals surface area contributed by atoms with Gasteiger partial charge in [0.05, 0.1) is 0 Å². The lowest BCUT2D eigenvalue weighted by Crippen LogP contribution is -2.06. The molecule has 0 bridgehead atoms. The van der Waals surface area contributed by atoms with Gasteiger partial charge >= 0.3 is 6.18 Å². The molecule has 0 radical (unpaired) electrons. The summed E-state index contributed by atoms with van der Waals surface area (Å²) in [5.41, 5.74) is 11.9. The first-order chi connectivity index (χ1) is 10.3. The fourth-order valence-corrected chi connectivity index (χ4v) is 2.31. The van der Waals surface area contributed by atoms with E-state index in [4.69, 9.17) is 15.9 Å². The Hall–Kier alpha value is -2.70. The fraction of sp³-hybridized carbons (Fsp3) is 0.133. The number of nitrogens with two attached hydrogens (primary N) is 2. The molecule has 7 heteroatoms. The van der Waals surface area contributed by atoms with E-state index in [1.165, 1.54) is 6.07 Å². The highest BCUT2D eigenvalue weighted by Gasteiger charge is 2.35. The number of halogens is 3. The van der Waals surface area contributed by atoms with Crippen molar-refractivity contribution in [3.63, 3.8) is 0 Å². The Morgan fingerprint density at radius 1 is 1.05 bits per heavy atom. The molecule has 1 heterocycles. The van der Waals surface area contributed by atoms with Gasteiger partial charge < -0.3 is 15.9 Å². The average molecular weight is 307 g/mol. The Labute approximate surface area is 123 Å². The van der Waals surface area contributed by atoms with Gasteiger partial charge in [0.1, 0.15) is 11.1 Å². The second-order valence-electron chi connectivity index (χ2n) is 5.01. The van der Waals surface area contributed by atoms with Crippen LogP contribution < -0.4 is 11.5 Å². The van der Waals surface area contributed by atoms with Crippen molar-refractivity contribution in [3.05, 3.63) is 41.5 Å². The van der Waals surface area contributed by atoms with Crippen LogP contribution in [0.4, 0.5) is 24.5 Å². The summed E-state index contributed by atoms with van der Waals surface area (Å²) in [7, 11) is 0. The summed E-state index contributed by atoms with van der Waals surface area (Å²) < 4.78 is 44.6. The molecule has 0 spiro atoms. The first-order valence-electron chi connectivity index (χ1n) is 6.39. The number of aryl methyl sites for hydroxylation is 1. The molecule has 2 aromatic carbocycles. The summed E-state index contributed by atoms with van der Waals surface area (Å²) in [5, 5.41) is 0. The van der Waals surface area contributed by atoms with Crippen LogP contribution in [-0.4, -0.2) is 4.98 Å². The third kappa shape index (κ3) is 2.34. The van der Waals surface area contributed by atoms with Crippen molar-refractivity contribution < 1.29 is 17.6 Å². The van der Waals surface area contributed by atoms with Gasteiger partial charge in [-0.15, -0.1) is 0 Å². The van der Waals surface area contributed by atoms with E-state index >= 15 is 0 Å². The number of hydrogen-bond acceptors (Lipinski definition) is 4. The third-order valence-electron chi connectivity index (χ3n) is 3.30. The quantitative estimate of drug-likeness (QED) is 0.666. The minimum absolute atomic E-state index is 0.0197. The Kier molecular flexibility index (Phi) is 3.01. The van der Waals surface area contributed by atoms with Gasteiger partial charge in [-0.1, -0.05) is 0 Å². The predicted molar refractivity (Wildman–Crippen MR) is 78.0 cm³/mol. The molecule has 0 fully saturated rings. The summed E-state index contributed by atoms with van der Waals surface area (Å²) in [4.78, 5) is 4.12. The zero-order chi connectivity index (χ0) is 16.1. The number of nitrogens with zero attached hydrogens (tertiary/aromatic N) is 1. The standard InChI is InChI=1S/C15H12F3N3O/c1-7-4-8(19)2-3-10(7)14-21-12-6-9(20)5-11(13(12)22-14)15(16,17)18/h2-6H,19-20H2,1H3. The van der Waals surface area contributed by atoms with E-state index in [-0.39, 0.29) is 22.7 Å². The van der Waals surface area contributed by atoms with Crippen LogP contribution in [0.25, 0.3) is 22.6 Å². The summed E-state index contributed by atoms with van der Waals surface area (Å²) in [6, 6.07) is 7.18. The molecular formula is C15H12F3N3O. The topological polar surface area (TPSA) is 78.1 Å². The van der Waals surface area contributed by atoms with Gasteiger partial charge in [0.25, 0.3) is 0 Å². The molecular weight excluding hydrogens is 295 g/mol. The van der Waals surface area contributed by atoms with Crippen LogP contribution in [0.3, 0.4) is 0 Å². The summed E-state index contributed by atoms with van der Waals surface area (Å²) in [6.07, 6.45) is -4.57. The Bertz CT molecular complexity index is 868. The molecule has 0 amide bonds. The summed E-state index contributed by atoms with van der Waals surface area (Å²) in [5.74, 6) is 0.101. The van der Waals surface area contributed by atoms with E-state index in [1.54, 1.807) is 25.1 Å². The van der Waals surface area contributed by atoms with Crippen LogP contribution >= 0.6 is 0 Å². The monoisotopic (exact) mass is 307 g/mol. The van der Waals surface area contributed by atoms with Gasteiger partial charge in [-0.2, -0.15) is 13.2 Å². The zero-order valence-corrected chi connectivity index (χ0v) is 11.5. The number of oxazole rings is 1. The fourth-order valence-electron chi connectivity index (χ4n) is 2.31. The van der Waals surface area contributed by atoms with Crippen molar-refractivity contribution in [1.82, 2.24) is 4.98 Å². The molecule has 0 saturated heterocycles. The van der Waals surface area contributed by atoms with Crippen LogP contribution in [0.2, 0.25) is 0 Å². The molecule has 0 saturated carbocycles. The minimum Gasteiger partial charge on any atom is -0.435 e. The van der Waals surface area contributed by atoms with Gasteiger partial charge in [0.15, 0.2) is 5.58 Å².